The quantitative estimate of drug-likeness (QED) is 0.875. The highest BCUT2D eigenvalue weighted by Crippen LogP contribution is 2.29. The predicted molar refractivity (Wildman–Crippen MR) is 81.3 cm³/mol. The molecule has 1 atom stereocenters. The second-order valence-electron chi connectivity index (χ2n) is 4.78. The standard InChI is InChI=1S/C16H17ClFNO2/c1-10(12-4-6-15(20)16(8-12)21-2)19-9-11-3-5-14(18)13(17)7-11/h3-8,10,19-20H,9H2,1-2H3. The van der Waals surface area contributed by atoms with Gasteiger partial charge in [-0.1, -0.05) is 23.7 Å². The molecular formula is C16H17ClFNO2. The molecule has 0 saturated heterocycles. The summed E-state index contributed by atoms with van der Waals surface area (Å²) in [5.41, 5.74) is 1.89. The van der Waals surface area contributed by atoms with E-state index in [1.54, 1.807) is 24.3 Å². The van der Waals surface area contributed by atoms with Gasteiger partial charge in [0.25, 0.3) is 0 Å². The summed E-state index contributed by atoms with van der Waals surface area (Å²) < 4.78 is 18.2. The Morgan fingerprint density at radius 2 is 2.05 bits per heavy atom. The van der Waals surface area contributed by atoms with Crippen molar-refractivity contribution in [3.8, 4) is 11.5 Å². The van der Waals surface area contributed by atoms with Crippen molar-refractivity contribution in [2.75, 3.05) is 7.11 Å². The molecule has 0 aromatic heterocycles. The first-order valence-corrected chi connectivity index (χ1v) is 6.93. The van der Waals surface area contributed by atoms with Crippen molar-refractivity contribution in [3.05, 3.63) is 58.4 Å². The van der Waals surface area contributed by atoms with Gasteiger partial charge in [-0.3, -0.25) is 0 Å². The van der Waals surface area contributed by atoms with Gasteiger partial charge < -0.3 is 15.2 Å². The average molecular weight is 310 g/mol. The van der Waals surface area contributed by atoms with Crippen LogP contribution < -0.4 is 10.1 Å². The fourth-order valence-corrected chi connectivity index (χ4v) is 2.21. The van der Waals surface area contributed by atoms with Crippen LogP contribution >= 0.6 is 11.6 Å². The van der Waals surface area contributed by atoms with Gasteiger partial charge in [-0.25, -0.2) is 4.39 Å². The molecule has 0 bridgehead atoms. The van der Waals surface area contributed by atoms with E-state index < -0.39 is 5.82 Å². The molecule has 112 valence electrons. The summed E-state index contributed by atoms with van der Waals surface area (Å²) in [4.78, 5) is 0. The molecule has 2 aromatic rings. The van der Waals surface area contributed by atoms with E-state index in [1.165, 1.54) is 13.2 Å². The van der Waals surface area contributed by atoms with Crippen molar-refractivity contribution in [1.29, 1.82) is 0 Å². The van der Waals surface area contributed by atoms with Crippen LogP contribution in [-0.4, -0.2) is 12.2 Å². The Labute approximate surface area is 128 Å². The average Bonchev–Trinajstić information content (AvgIpc) is 2.48. The molecule has 2 aromatic carbocycles. The Balaban J connectivity index is 2.04. The zero-order valence-corrected chi connectivity index (χ0v) is 12.6. The van der Waals surface area contributed by atoms with Crippen LogP contribution in [0.2, 0.25) is 5.02 Å². The Bertz CT molecular complexity index is 634. The molecule has 0 saturated carbocycles. The van der Waals surface area contributed by atoms with Crippen molar-refractivity contribution in [2.45, 2.75) is 19.5 Å². The number of nitrogens with one attached hydrogen (secondary N) is 1. The van der Waals surface area contributed by atoms with Crippen molar-refractivity contribution in [1.82, 2.24) is 5.32 Å². The number of halogens is 2. The van der Waals surface area contributed by atoms with E-state index in [2.05, 4.69) is 5.32 Å². The van der Waals surface area contributed by atoms with Gasteiger partial charge in [-0.05, 0) is 42.3 Å². The summed E-state index contributed by atoms with van der Waals surface area (Å²) in [6, 6.07) is 9.90. The number of phenols is 1. The summed E-state index contributed by atoms with van der Waals surface area (Å²) in [6.45, 7) is 2.56. The Morgan fingerprint density at radius 3 is 2.71 bits per heavy atom. The van der Waals surface area contributed by atoms with Gasteiger partial charge in [0.1, 0.15) is 5.82 Å². The second-order valence-corrected chi connectivity index (χ2v) is 5.19. The SMILES string of the molecule is COc1cc(C(C)NCc2ccc(F)c(Cl)c2)ccc1O. The monoisotopic (exact) mass is 309 g/mol. The third-order valence-electron chi connectivity index (χ3n) is 3.30. The number of phenolic OH excluding ortho intramolecular Hbond substituents is 1. The summed E-state index contributed by atoms with van der Waals surface area (Å²) in [7, 11) is 1.51. The van der Waals surface area contributed by atoms with E-state index in [4.69, 9.17) is 16.3 Å². The van der Waals surface area contributed by atoms with Gasteiger partial charge in [0.2, 0.25) is 0 Å². The van der Waals surface area contributed by atoms with Crippen LogP contribution in [0.1, 0.15) is 24.1 Å². The summed E-state index contributed by atoms with van der Waals surface area (Å²) in [5, 5.41) is 13.0. The molecule has 0 spiro atoms. The number of hydrogen-bond acceptors (Lipinski definition) is 3. The smallest absolute Gasteiger partial charge is 0.160 e. The first kappa shape index (κ1) is 15.6. The molecule has 0 amide bonds. The van der Waals surface area contributed by atoms with Gasteiger partial charge in [0.05, 0.1) is 12.1 Å². The highest BCUT2D eigenvalue weighted by molar-refractivity contribution is 6.30. The molecule has 0 aliphatic carbocycles. The summed E-state index contributed by atoms with van der Waals surface area (Å²) in [5.74, 6) is 0.126. The number of ether oxygens (including phenoxy) is 1. The lowest BCUT2D eigenvalue weighted by Crippen LogP contribution is -2.18. The maximum atomic E-state index is 13.1. The fraction of sp³-hybridized carbons (Fsp3) is 0.250. The Hall–Kier alpha value is -1.78. The minimum absolute atomic E-state index is 0.0447. The molecule has 0 fully saturated rings. The number of hydrogen-bond donors (Lipinski definition) is 2. The van der Waals surface area contributed by atoms with Crippen LogP contribution in [0.4, 0.5) is 4.39 Å². The molecule has 0 aliphatic rings. The highest BCUT2D eigenvalue weighted by Gasteiger charge is 2.09. The van der Waals surface area contributed by atoms with Crippen LogP contribution in [0, 0.1) is 5.82 Å². The number of aromatic hydroxyl groups is 1. The molecule has 2 rings (SSSR count). The lowest BCUT2D eigenvalue weighted by Gasteiger charge is -2.16. The van der Waals surface area contributed by atoms with E-state index >= 15 is 0 Å². The van der Waals surface area contributed by atoms with E-state index in [1.807, 2.05) is 13.0 Å². The maximum absolute atomic E-state index is 13.1. The molecule has 0 heterocycles. The van der Waals surface area contributed by atoms with Gasteiger partial charge in [-0.2, -0.15) is 0 Å². The summed E-state index contributed by atoms with van der Waals surface area (Å²) >= 11 is 5.76. The Morgan fingerprint density at radius 1 is 1.29 bits per heavy atom. The van der Waals surface area contributed by atoms with Crippen molar-refractivity contribution in [3.63, 3.8) is 0 Å². The van der Waals surface area contributed by atoms with Gasteiger partial charge in [0.15, 0.2) is 11.5 Å². The van der Waals surface area contributed by atoms with E-state index in [0.717, 1.165) is 11.1 Å². The number of benzene rings is 2. The van der Waals surface area contributed by atoms with Gasteiger partial charge in [-0.15, -0.1) is 0 Å². The minimum Gasteiger partial charge on any atom is -0.504 e. The molecule has 1 unspecified atom stereocenters. The molecule has 21 heavy (non-hydrogen) atoms. The number of rotatable bonds is 5. The summed E-state index contributed by atoms with van der Waals surface area (Å²) in [6.07, 6.45) is 0. The first-order valence-electron chi connectivity index (χ1n) is 6.55. The molecular weight excluding hydrogens is 293 g/mol. The maximum Gasteiger partial charge on any atom is 0.160 e. The lowest BCUT2D eigenvalue weighted by molar-refractivity contribution is 0.372. The second kappa shape index (κ2) is 6.78. The molecule has 3 nitrogen and oxygen atoms in total. The molecule has 2 N–H and O–H groups in total. The zero-order chi connectivity index (χ0) is 15.4. The molecule has 0 radical (unpaired) electrons. The number of methoxy groups -OCH3 is 1. The zero-order valence-electron chi connectivity index (χ0n) is 11.9. The van der Waals surface area contributed by atoms with Gasteiger partial charge >= 0.3 is 0 Å². The predicted octanol–water partition coefficient (Wildman–Crippen LogP) is 4.04. The minimum atomic E-state index is -0.420. The van der Waals surface area contributed by atoms with Crippen LogP contribution in [0.25, 0.3) is 0 Å². The van der Waals surface area contributed by atoms with Crippen LogP contribution in [-0.2, 0) is 6.54 Å². The topological polar surface area (TPSA) is 41.5 Å². The van der Waals surface area contributed by atoms with Crippen LogP contribution in [0.5, 0.6) is 11.5 Å². The van der Waals surface area contributed by atoms with Crippen molar-refractivity contribution >= 4 is 11.6 Å². The molecule has 0 aliphatic heterocycles. The van der Waals surface area contributed by atoms with Gasteiger partial charge in [0, 0.05) is 12.6 Å². The van der Waals surface area contributed by atoms with Crippen LogP contribution in [0.3, 0.4) is 0 Å². The Kier molecular flexibility index (Phi) is 5.04. The van der Waals surface area contributed by atoms with Crippen molar-refractivity contribution in [2.24, 2.45) is 0 Å². The lowest BCUT2D eigenvalue weighted by atomic mass is 10.1. The largest absolute Gasteiger partial charge is 0.504 e. The van der Waals surface area contributed by atoms with E-state index in [9.17, 15) is 9.50 Å². The van der Waals surface area contributed by atoms with Crippen LogP contribution in [0.15, 0.2) is 36.4 Å². The fourth-order valence-electron chi connectivity index (χ4n) is 2.00. The third-order valence-corrected chi connectivity index (χ3v) is 3.59. The normalized spacial score (nSPS) is 12.2. The third kappa shape index (κ3) is 3.86. The van der Waals surface area contributed by atoms with E-state index in [-0.39, 0.29) is 16.8 Å². The van der Waals surface area contributed by atoms with Crippen molar-refractivity contribution < 1.29 is 14.2 Å². The van der Waals surface area contributed by atoms with E-state index in [0.29, 0.717) is 12.3 Å². The highest BCUT2D eigenvalue weighted by atomic mass is 35.5. The molecule has 5 heteroatoms. The first-order chi connectivity index (χ1) is 10.0.